The average molecular weight is 157 g/mol. The Balaban J connectivity index is 2.74. The third-order valence-corrected chi connectivity index (χ3v) is 2.47. The summed E-state index contributed by atoms with van der Waals surface area (Å²) in [6, 6.07) is 0. The predicted octanol–water partition coefficient (Wildman–Crippen LogP) is 1.63. The molecule has 0 radical (unpaired) electrons. The molecule has 3 nitrogen and oxygen atoms in total. The number of nitrogens with zero attached hydrogens (tertiary/aromatic N) is 2. The minimum absolute atomic E-state index is 0.495. The maximum atomic E-state index is 5.42. The fourth-order valence-electron chi connectivity index (χ4n) is 0.620. The molecule has 56 valence electrons. The summed E-state index contributed by atoms with van der Waals surface area (Å²) in [5.74, 6) is 0.495. The minimum Gasteiger partial charge on any atom is -0.374 e. The van der Waals surface area contributed by atoms with Crippen molar-refractivity contribution in [3.8, 4) is 0 Å². The zero-order valence-electron chi connectivity index (χ0n) is 6.16. The van der Waals surface area contributed by atoms with Crippen molar-refractivity contribution in [3.05, 3.63) is 5.01 Å². The number of nitrogen functional groups attached to an aromatic ring is 1. The van der Waals surface area contributed by atoms with E-state index in [-0.39, 0.29) is 0 Å². The van der Waals surface area contributed by atoms with Gasteiger partial charge in [-0.3, -0.25) is 0 Å². The number of aromatic nitrogens is 2. The quantitative estimate of drug-likeness (QED) is 0.710. The van der Waals surface area contributed by atoms with Crippen molar-refractivity contribution >= 4 is 16.5 Å². The van der Waals surface area contributed by atoms with Gasteiger partial charge in [-0.1, -0.05) is 25.2 Å². The largest absolute Gasteiger partial charge is 0.374 e. The van der Waals surface area contributed by atoms with E-state index in [2.05, 4.69) is 24.0 Å². The van der Waals surface area contributed by atoms with Crippen molar-refractivity contribution in [2.45, 2.75) is 26.2 Å². The SMILES string of the molecule is CC[C@@H](C)c1nnc(N)s1. The van der Waals surface area contributed by atoms with Gasteiger partial charge < -0.3 is 5.73 Å². The molecule has 1 rings (SSSR count). The molecule has 0 unspecified atom stereocenters. The Morgan fingerprint density at radius 1 is 1.60 bits per heavy atom. The second kappa shape index (κ2) is 2.96. The first-order valence-corrected chi connectivity index (χ1v) is 4.14. The predicted molar refractivity (Wildman–Crippen MR) is 43.0 cm³/mol. The lowest BCUT2D eigenvalue weighted by molar-refractivity contribution is 0.715. The molecule has 4 heteroatoms. The third-order valence-electron chi connectivity index (χ3n) is 1.49. The molecule has 2 N–H and O–H groups in total. The highest BCUT2D eigenvalue weighted by atomic mass is 32.1. The lowest BCUT2D eigenvalue weighted by Crippen LogP contribution is -1.88. The second-order valence-electron chi connectivity index (χ2n) is 2.29. The molecule has 0 bridgehead atoms. The molecule has 1 aromatic rings. The van der Waals surface area contributed by atoms with E-state index in [9.17, 15) is 0 Å². The van der Waals surface area contributed by atoms with E-state index < -0.39 is 0 Å². The van der Waals surface area contributed by atoms with Gasteiger partial charge in [-0.25, -0.2) is 0 Å². The smallest absolute Gasteiger partial charge is 0.203 e. The topological polar surface area (TPSA) is 51.8 Å². The van der Waals surface area contributed by atoms with Gasteiger partial charge in [0.25, 0.3) is 0 Å². The van der Waals surface area contributed by atoms with E-state index in [1.807, 2.05) is 0 Å². The highest BCUT2D eigenvalue weighted by Gasteiger charge is 2.07. The molecule has 0 aliphatic rings. The minimum atomic E-state index is 0.495. The zero-order chi connectivity index (χ0) is 7.56. The van der Waals surface area contributed by atoms with Crippen LogP contribution in [0.25, 0.3) is 0 Å². The molecular formula is C6H11N3S. The number of anilines is 1. The van der Waals surface area contributed by atoms with Crippen LogP contribution < -0.4 is 5.73 Å². The summed E-state index contributed by atoms with van der Waals surface area (Å²) in [5.41, 5.74) is 5.42. The van der Waals surface area contributed by atoms with Crippen molar-refractivity contribution in [2.24, 2.45) is 0 Å². The van der Waals surface area contributed by atoms with Crippen molar-refractivity contribution in [1.29, 1.82) is 0 Å². The second-order valence-corrected chi connectivity index (χ2v) is 3.33. The Morgan fingerprint density at radius 3 is 2.70 bits per heavy atom. The van der Waals surface area contributed by atoms with Gasteiger partial charge in [-0.05, 0) is 6.42 Å². The molecular weight excluding hydrogens is 146 g/mol. The number of rotatable bonds is 2. The highest BCUT2D eigenvalue weighted by Crippen LogP contribution is 2.22. The van der Waals surface area contributed by atoms with Gasteiger partial charge in [0.05, 0.1) is 0 Å². The number of nitrogens with two attached hydrogens (primary N) is 1. The van der Waals surface area contributed by atoms with Crippen LogP contribution in [0.15, 0.2) is 0 Å². The molecule has 0 saturated carbocycles. The fourth-order valence-corrected chi connectivity index (χ4v) is 1.37. The molecule has 0 saturated heterocycles. The van der Waals surface area contributed by atoms with Crippen LogP contribution in [0.4, 0.5) is 5.13 Å². The first-order chi connectivity index (χ1) is 4.74. The van der Waals surface area contributed by atoms with Crippen LogP contribution in [0, 0.1) is 0 Å². The van der Waals surface area contributed by atoms with Gasteiger partial charge in [0, 0.05) is 5.92 Å². The average Bonchev–Trinajstić information content (AvgIpc) is 2.34. The Morgan fingerprint density at radius 2 is 2.30 bits per heavy atom. The summed E-state index contributed by atoms with van der Waals surface area (Å²) >= 11 is 1.48. The monoisotopic (exact) mass is 157 g/mol. The number of hydrogen-bond donors (Lipinski definition) is 1. The summed E-state index contributed by atoms with van der Waals surface area (Å²) in [6.07, 6.45) is 1.09. The van der Waals surface area contributed by atoms with Crippen LogP contribution in [0.5, 0.6) is 0 Å². The van der Waals surface area contributed by atoms with Crippen molar-refractivity contribution in [2.75, 3.05) is 5.73 Å². The van der Waals surface area contributed by atoms with Crippen molar-refractivity contribution in [3.63, 3.8) is 0 Å². The lowest BCUT2D eigenvalue weighted by atomic mass is 10.1. The van der Waals surface area contributed by atoms with E-state index in [1.54, 1.807) is 0 Å². The molecule has 10 heavy (non-hydrogen) atoms. The van der Waals surface area contributed by atoms with Gasteiger partial charge in [0.2, 0.25) is 5.13 Å². The Hall–Kier alpha value is -0.640. The van der Waals surface area contributed by atoms with Crippen LogP contribution in [0.2, 0.25) is 0 Å². The van der Waals surface area contributed by atoms with Crippen molar-refractivity contribution in [1.82, 2.24) is 10.2 Å². The summed E-state index contributed by atoms with van der Waals surface area (Å²) in [7, 11) is 0. The molecule has 1 atom stereocenters. The van der Waals surface area contributed by atoms with Crippen LogP contribution in [-0.4, -0.2) is 10.2 Å². The first-order valence-electron chi connectivity index (χ1n) is 3.33. The summed E-state index contributed by atoms with van der Waals surface area (Å²) in [4.78, 5) is 0. The van der Waals surface area contributed by atoms with Crippen LogP contribution in [0.1, 0.15) is 31.2 Å². The molecule has 0 aliphatic carbocycles. The molecule has 0 aromatic carbocycles. The van der Waals surface area contributed by atoms with Gasteiger partial charge in [0.1, 0.15) is 5.01 Å². The molecule has 0 spiro atoms. The van der Waals surface area contributed by atoms with E-state index in [4.69, 9.17) is 5.73 Å². The van der Waals surface area contributed by atoms with E-state index in [1.165, 1.54) is 11.3 Å². The van der Waals surface area contributed by atoms with Gasteiger partial charge in [0.15, 0.2) is 0 Å². The normalized spacial score (nSPS) is 13.4. The molecule has 0 fully saturated rings. The molecule has 1 aromatic heterocycles. The molecule has 0 amide bonds. The van der Waals surface area contributed by atoms with E-state index >= 15 is 0 Å². The van der Waals surface area contributed by atoms with Gasteiger partial charge >= 0.3 is 0 Å². The van der Waals surface area contributed by atoms with Gasteiger partial charge in [-0.2, -0.15) is 0 Å². The summed E-state index contributed by atoms with van der Waals surface area (Å²) in [5, 5.41) is 9.27. The fraction of sp³-hybridized carbons (Fsp3) is 0.667. The molecule has 0 aliphatic heterocycles. The molecule has 1 heterocycles. The lowest BCUT2D eigenvalue weighted by Gasteiger charge is -1.99. The van der Waals surface area contributed by atoms with Gasteiger partial charge in [-0.15, -0.1) is 10.2 Å². The maximum absolute atomic E-state index is 5.42. The Labute approximate surface area is 64.3 Å². The van der Waals surface area contributed by atoms with Crippen LogP contribution in [-0.2, 0) is 0 Å². The first kappa shape index (κ1) is 7.47. The zero-order valence-corrected chi connectivity index (χ0v) is 6.98. The van der Waals surface area contributed by atoms with E-state index in [0.29, 0.717) is 11.0 Å². The maximum Gasteiger partial charge on any atom is 0.203 e. The summed E-state index contributed by atoms with van der Waals surface area (Å²) < 4.78 is 0. The van der Waals surface area contributed by atoms with Crippen molar-refractivity contribution < 1.29 is 0 Å². The third kappa shape index (κ3) is 1.44. The Bertz CT molecular complexity index is 209. The highest BCUT2D eigenvalue weighted by molar-refractivity contribution is 7.15. The number of hydrogen-bond acceptors (Lipinski definition) is 4. The van der Waals surface area contributed by atoms with Crippen LogP contribution >= 0.6 is 11.3 Å². The Kier molecular flexibility index (Phi) is 2.21. The van der Waals surface area contributed by atoms with E-state index in [0.717, 1.165) is 11.4 Å². The summed E-state index contributed by atoms with van der Waals surface area (Å²) in [6.45, 7) is 4.25. The standard InChI is InChI=1S/C6H11N3S/c1-3-4(2)5-8-9-6(7)10-5/h4H,3H2,1-2H3,(H2,7,9)/t4-/m1/s1. The van der Waals surface area contributed by atoms with Crippen LogP contribution in [0.3, 0.4) is 0 Å².